The minimum atomic E-state index is 0.192. The lowest BCUT2D eigenvalue weighted by Crippen LogP contribution is -2.36. The second-order valence-electron chi connectivity index (χ2n) is 5.54. The third-order valence-corrected chi connectivity index (χ3v) is 4.40. The van der Waals surface area contributed by atoms with E-state index < -0.39 is 0 Å². The highest BCUT2D eigenvalue weighted by atomic mass is 35.5. The fraction of sp³-hybridized carbons (Fsp3) is 1.00. The van der Waals surface area contributed by atoms with Gasteiger partial charge in [0, 0.05) is 24.5 Å². The van der Waals surface area contributed by atoms with Crippen molar-refractivity contribution >= 4 is 11.6 Å². The molecule has 0 bridgehead atoms. The van der Waals surface area contributed by atoms with Crippen molar-refractivity contribution in [3.05, 3.63) is 0 Å². The number of alkyl halides is 1. The van der Waals surface area contributed by atoms with Crippen LogP contribution < -0.4 is 0 Å². The SMILES string of the molecule is CC(C)OCCC1(CCl)CCOC1C1CC1. The predicted octanol–water partition coefficient (Wildman–Crippen LogP) is 3.23. The molecule has 1 saturated carbocycles. The highest BCUT2D eigenvalue weighted by molar-refractivity contribution is 6.18. The third kappa shape index (κ3) is 2.72. The van der Waals surface area contributed by atoms with Crippen molar-refractivity contribution in [3.63, 3.8) is 0 Å². The van der Waals surface area contributed by atoms with Gasteiger partial charge >= 0.3 is 0 Å². The Morgan fingerprint density at radius 1 is 1.44 bits per heavy atom. The van der Waals surface area contributed by atoms with E-state index in [1.54, 1.807) is 0 Å². The fourth-order valence-corrected chi connectivity index (χ4v) is 3.14. The maximum atomic E-state index is 6.21. The lowest BCUT2D eigenvalue weighted by Gasteiger charge is -2.32. The van der Waals surface area contributed by atoms with Crippen LogP contribution in [0, 0.1) is 11.3 Å². The minimum absolute atomic E-state index is 0.192. The molecule has 1 heterocycles. The second kappa shape index (κ2) is 5.24. The maximum absolute atomic E-state index is 6.21. The smallest absolute Gasteiger partial charge is 0.0672 e. The zero-order valence-electron chi connectivity index (χ0n) is 10.4. The summed E-state index contributed by atoms with van der Waals surface area (Å²) < 4.78 is 11.6. The molecule has 0 amide bonds. The van der Waals surface area contributed by atoms with Crippen LogP contribution in [0.15, 0.2) is 0 Å². The maximum Gasteiger partial charge on any atom is 0.0672 e. The summed E-state index contributed by atoms with van der Waals surface area (Å²) in [5, 5.41) is 0. The van der Waals surface area contributed by atoms with Crippen LogP contribution in [0.3, 0.4) is 0 Å². The van der Waals surface area contributed by atoms with Crippen molar-refractivity contribution < 1.29 is 9.47 Å². The summed E-state index contributed by atoms with van der Waals surface area (Å²) in [6.07, 6.45) is 5.53. The van der Waals surface area contributed by atoms with Gasteiger partial charge in [-0.1, -0.05) is 0 Å². The molecule has 0 aromatic heterocycles. The lowest BCUT2D eigenvalue weighted by atomic mass is 9.78. The minimum Gasteiger partial charge on any atom is -0.379 e. The third-order valence-electron chi connectivity index (χ3n) is 3.87. The largest absolute Gasteiger partial charge is 0.379 e. The van der Waals surface area contributed by atoms with Crippen LogP contribution in [-0.4, -0.2) is 31.3 Å². The first-order chi connectivity index (χ1) is 7.68. The quantitative estimate of drug-likeness (QED) is 0.670. The predicted molar refractivity (Wildman–Crippen MR) is 65.9 cm³/mol. The first-order valence-electron chi connectivity index (χ1n) is 6.47. The van der Waals surface area contributed by atoms with E-state index in [9.17, 15) is 0 Å². The van der Waals surface area contributed by atoms with Crippen LogP contribution in [0.2, 0.25) is 0 Å². The Bertz CT molecular complexity index is 228. The van der Waals surface area contributed by atoms with Crippen LogP contribution in [-0.2, 0) is 9.47 Å². The van der Waals surface area contributed by atoms with E-state index >= 15 is 0 Å². The van der Waals surface area contributed by atoms with Gasteiger partial charge in [-0.2, -0.15) is 0 Å². The van der Waals surface area contributed by atoms with E-state index in [1.165, 1.54) is 12.8 Å². The van der Waals surface area contributed by atoms with Crippen molar-refractivity contribution in [2.75, 3.05) is 19.1 Å². The molecule has 1 aliphatic carbocycles. The van der Waals surface area contributed by atoms with Gasteiger partial charge in [-0.05, 0) is 45.4 Å². The normalized spacial score (nSPS) is 34.9. The van der Waals surface area contributed by atoms with Gasteiger partial charge in [0.2, 0.25) is 0 Å². The molecule has 0 aromatic carbocycles. The summed E-state index contributed by atoms with van der Waals surface area (Å²) in [4.78, 5) is 0. The Labute approximate surface area is 104 Å². The number of hydrogen-bond donors (Lipinski definition) is 0. The van der Waals surface area contributed by atoms with Gasteiger partial charge in [0.15, 0.2) is 0 Å². The Kier molecular flexibility index (Phi) is 4.15. The molecular weight excluding hydrogens is 224 g/mol. The molecule has 0 aromatic rings. The number of hydrogen-bond acceptors (Lipinski definition) is 2. The van der Waals surface area contributed by atoms with E-state index in [0.29, 0.717) is 12.2 Å². The highest BCUT2D eigenvalue weighted by Gasteiger charge is 2.50. The number of halogens is 1. The van der Waals surface area contributed by atoms with Crippen LogP contribution in [0.1, 0.15) is 39.5 Å². The first-order valence-corrected chi connectivity index (χ1v) is 7.00. The van der Waals surface area contributed by atoms with Crippen LogP contribution in [0.25, 0.3) is 0 Å². The molecule has 16 heavy (non-hydrogen) atoms. The van der Waals surface area contributed by atoms with E-state index in [0.717, 1.165) is 37.9 Å². The molecular formula is C13H23ClO2. The summed E-state index contributed by atoms with van der Waals surface area (Å²) in [7, 11) is 0. The van der Waals surface area contributed by atoms with Crippen molar-refractivity contribution in [1.29, 1.82) is 0 Å². The van der Waals surface area contributed by atoms with E-state index in [4.69, 9.17) is 21.1 Å². The molecule has 94 valence electrons. The molecule has 2 rings (SSSR count). The molecule has 0 N–H and O–H groups in total. The average Bonchev–Trinajstić information content (AvgIpc) is 3.00. The summed E-state index contributed by atoms with van der Waals surface area (Å²) >= 11 is 6.21. The molecule has 0 spiro atoms. The van der Waals surface area contributed by atoms with E-state index in [-0.39, 0.29) is 5.41 Å². The zero-order chi connectivity index (χ0) is 11.6. The standard InChI is InChI=1S/C13H23ClO2/c1-10(2)15-7-5-13(9-14)6-8-16-12(13)11-3-4-11/h10-12H,3-9H2,1-2H3. The summed E-state index contributed by atoms with van der Waals surface area (Å²) in [6.45, 7) is 5.86. The van der Waals surface area contributed by atoms with Gasteiger partial charge in [0.05, 0.1) is 12.2 Å². The molecule has 2 unspecified atom stereocenters. The molecule has 2 nitrogen and oxygen atoms in total. The second-order valence-corrected chi connectivity index (χ2v) is 5.81. The molecule has 1 saturated heterocycles. The Hall–Kier alpha value is 0.210. The van der Waals surface area contributed by atoms with Gasteiger partial charge in [-0.15, -0.1) is 11.6 Å². The summed E-state index contributed by atoms with van der Waals surface area (Å²) in [6, 6.07) is 0. The monoisotopic (exact) mass is 246 g/mol. The number of rotatable bonds is 6. The zero-order valence-corrected chi connectivity index (χ0v) is 11.1. The van der Waals surface area contributed by atoms with Crippen LogP contribution in [0.5, 0.6) is 0 Å². The van der Waals surface area contributed by atoms with Crippen molar-refractivity contribution in [1.82, 2.24) is 0 Å². The molecule has 2 aliphatic rings. The van der Waals surface area contributed by atoms with Gasteiger partial charge < -0.3 is 9.47 Å². The van der Waals surface area contributed by atoms with Gasteiger partial charge in [-0.25, -0.2) is 0 Å². The van der Waals surface area contributed by atoms with E-state index in [1.807, 2.05) is 0 Å². The summed E-state index contributed by atoms with van der Waals surface area (Å²) in [5.74, 6) is 1.50. The van der Waals surface area contributed by atoms with Crippen molar-refractivity contribution in [3.8, 4) is 0 Å². The molecule has 2 fully saturated rings. The molecule has 3 heteroatoms. The van der Waals surface area contributed by atoms with Crippen LogP contribution in [0.4, 0.5) is 0 Å². The van der Waals surface area contributed by atoms with E-state index in [2.05, 4.69) is 13.8 Å². The van der Waals surface area contributed by atoms with Gasteiger partial charge in [-0.3, -0.25) is 0 Å². The summed E-state index contributed by atoms with van der Waals surface area (Å²) in [5.41, 5.74) is 0.192. The first kappa shape index (κ1) is 12.7. The molecule has 0 radical (unpaired) electrons. The average molecular weight is 247 g/mol. The highest BCUT2D eigenvalue weighted by Crippen LogP contribution is 2.50. The topological polar surface area (TPSA) is 18.5 Å². The van der Waals surface area contributed by atoms with Crippen molar-refractivity contribution in [2.24, 2.45) is 11.3 Å². The number of ether oxygens (including phenoxy) is 2. The Balaban J connectivity index is 1.89. The van der Waals surface area contributed by atoms with Gasteiger partial charge in [0.1, 0.15) is 0 Å². The molecule has 1 aliphatic heterocycles. The van der Waals surface area contributed by atoms with Crippen LogP contribution >= 0.6 is 11.6 Å². The van der Waals surface area contributed by atoms with Gasteiger partial charge in [0.25, 0.3) is 0 Å². The van der Waals surface area contributed by atoms with Crippen molar-refractivity contribution in [2.45, 2.75) is 51.7 Å². The Morgan fingerprint density at radius 3 is 2.75 bits per heavy atom. The molecule has 2 atom stereocenters. The lowest BCUT2D eigenvalue weighted by molar-refractivity contribution is 0.00740. The fourth-order valence-electron chi connectivity index (χ4n) is 2.72. The Morgan fingerprint density at radius 2 is 2.19 bits per heavy atom.